The highest BCUT2D eigenvalue weighted by molar-refractivity contribution is 8.00. The number of methoxy groups -OCH3 is 2. The molecule has 0 heterocycles. The molecule has 5 nitrogen and oxygen atoms in total. The SMILES string of the molecule is COc1ccc(NC(=O)c2ccc(SNc3cccc(C(F)(F)F)c3)cc2)cc1OC. The van der Waals surface area contributed by atoms with Gasteiger partial charge in [-0.2, -0.15) is 13.2 Å². The van der Waals surface area contributed by atoms with Crippen LogP contribution >= 0.6 is 11.9 Å². The summed E-state index contributed by atoms with van der Waals surface area (Å²) in [4.78, 5) is 13.2. The maximum atomic E-state index is 12.8. The molecule has 0 unspecified atom stereocenters. The van der Waals surface area contributed by atoms with Crippen LogP contribution in [0.4, 0.5) is 24.5 Å². The summed E-state index contributed by atoms with van der Waals surface area (Å²) < 4.78 is 51.7. The fourth-order valence-electron chi connectivity index (χ4n) is 2.67. The Hall–Kier alpha value is -3.33. The summed E-state index contributed by atoms with van der Waals surface area (Å²) >= 11 is 1.15. The van der Waals surface area contributed by atoms with E-state index in [1.807, 2.05) is 0 Å². The second-order valence-electron chi connectivity index (χ2n) is 6.33. The Bertz CT molecular complexity index is 1060. The first-order valence-corrected chi connectivity index (χ1v) is 9.85. The maximum absolute atomic E-state index is 12.8. The molecule has 0 spiro atoms. The van der Waals surface area contributed by atoms with Crippen molar-refractivity contribution in [3.8, 4) is 11.5 Å². The zero-order valence-electron chi connectivity index (χ0n) is 16.6. The van der Waals surface area contributed by atoms with Gasteiger partial charge in [-0.15, -0.1) is 0 Å². The summed E-state index contributed by atoms with van der Waals surface area (Å²) in [5, 5.41) is 2.78. The van der Waals surface area contributed by atoms with Crippen molar-refractivity contribution < 1.29 is 27.4 Å². The van der Waals surface area contributed by atoms with Crippen molar-refractivity contribution >= 4 is 29.2 Å². The molecule has 31 heavy (non-hydrogen) atoms. The van der Waals surface area contributed by atoms with Crippen LogP contribution in [0.2, 0.25) is 0 Å². The Morgan fingerprint density at radius 1 is 0.871 bits per heavy atom. The molecule has 0 fully saturated rings. The summed E-state index contributed by atoms with van der Waals surface area (Å²) in [5.41, 5.74) is 0.584. The molecule has 0 aliphatic carbocycles. The number of alkyl halides is 3. The van der Waals surface area contributed by atoms with E-state index in [-0.39, 0.29) is 5.91 Å². The Kier molecular flexibility index (Phi) is 6.96. The fourth-order valence-corrected chi connectivity index (χ4v) is 3.30. The van der Waals surface area contributed by atoms with Crippen LogP contribution in [0.3, 0.4) is 0 Å². The molecular formula is C22H19F3N2O3S. The van der Waals surface area contributed by atoms with Crippen molar-refractivity contribution in [1.82, 2.24) is 0 Å². The average Bonchev–Trinajstić information content (AvgIpc) is 2.77. The first kappa shape index (κ1) is 22.4. The van der Waals surface area contributed by atoms with Crippen LogP contribution in [0, 0.1) is 0 Å². The zero-order valence-corrected chi connectivity index (χ0v) is 17.4. The van der Waals surface area contributed by atoms with Crippen LogP contribution in [-0.2, 0) is 6.18 Å². The minimum absolute atomic E-state index is 0.311. The van der Waals surface area contributed by atoms with Gasteiger partial charge in [0.1, 0.15) is 0 Å². The molecule has 0 bridgehead atoms. The molecule has 0 radical (unpaired) electrons. The second kappa shape index (κ2) is 9.65. The minimum atomic E-state index is -4.40. The zero-order chi connectivity index (χ0) is 22.4. The smallest absolute Gasteiger partial charge is 0.416 e. The van der Waals surface area contributed by atoms with Gasteiger partial charge in [-0.25, -0.2) is 0 Å². The molecule has 1 amide bonds. The van der Waals surface area contributed by atoms with E-state index in [9.17, 15) is 18.0 Å². The van der Waals surface area contributed by atoms with Crippen molar-refractivity contribution in [2.45, 2.75) is 11.1 Å². The number of hydrogen-bond donors (Lipinski definition) is 2. The largest absolute Gasteiger partial charge is 0.493 e. The number of carbonyl (C=O) groups is 1. The fraction of sp³-hybridized carbons (Fsp3) is 0.136. The molecule has 9 heteroatoms. The van der Waals surface area contributed by atoms with Crippen LogP contribution < -0.4 is 19.5 Å². The molecule has 3 rings (SSSR count). The van der Waals surface area contributed by atoms with E-state index >= 15 is 0 Å². The number of amides is 1. The Labute approximate surface area is 181 Å². The summed E-state index contributed by atoms with van der Waals surface area (Å²) in [6, 6.07) is 16.7. The van der Waals surface area contributed by atoms with E-state index in [4.69, 9.17) is 9.47 Å². The third-order valence-electron chi connectivity index (χ3n) is 4.23. The van der Waals surface area contributed by atoms with Gasteiger partial charge >= 0.3 is 6.18 Å². The standard InChI is InChI=1S/C22H19F3N2O3S/c1-29-19-11-8-16(13-20(19)30-2)26-21(28)14-6-9-18(10-7-14)31-27-17-5-3-4-15(12-17)22(23,24)25/h3-13,27H,1-2H3,(H,26,28). The summed E-state index contributed by atoms with van der Waals surface area (Å²) in [7, 11) is 3.03. The quantitative estimate of drug-likeness (QED) is 0.428. The van der Waals surface area contributed by atoms with E-state index in [0.29, 0.717) is 28.4 Å². The first-order chi connectivity index (χ1) is 14.8. The number of anilines is 2. The van der Waals surface area contributed by atoms with E-state index < -0.39 is 11.7 Å². The number of nitrogens with one attached hydrogen (secondary N) is 2. The molecule has 3 aromatic carbocycles. The van der Waals surface area contributed by atoms with Crippen molar-refractivity contribution in [3.63, 3.8) is 0 Å². The molecule has 0 aliphatic rings. The van der Waals surface area contributed by atoms with Crippen LogP contribution in [0.15, 0.2) is 71.6 Å². The number of benzene rings is 3. The van der Waals surface area contributed by atoms with Gasteiger partial charge in [0.25, 0.3) is 5.91 Å². The molecule has 0 saturated heterocycles. The van der Waals surface area contributed by atoms with Crippen molar-refractivity contribution in [3.05, 3.63) is 77.9 Å². The van der Waals surface area contributed by atoms with E-state index in [1.54, 1.807) is 48.5 Å². The van der Waals surface area contributed by atoms with Gasteiger partial charge in [0.15, 0.2) is 11.5 Å². The van der Waals surface area contributed by atoms with E-state index in [1.165, 1.54) is 20.3 Å². The highest BCUT2D eigenvalue weighted by atomic mass is 32.2. The van der Waals surface area contributed by atoms with Crippen LogP contribution in [-0.4, -0.2) is 20.1 Å². The second-order valence-corrected chi connectivity index (χ2v) is 7.21. The van der Waals surface area contributed by atoms with Gasteiger partial charge in [-0.3, -0.25) is 4.79 Å². The predicted molar refractivity (Wildman–Crippen MR) is 115 cm³/mol. The predicted octanol–water partition coefficient (Wildman–Crippen LogP) is 6.09. The number of carbonyl (C=O) groups excluding carboxylic acids is 1. The van der Waals surface area contributed by atoms with Crippen molar-refractivity contribution in [1.29, 1.82) is 0 Å². The van der Waals surface area contributed by atoms with Crippen LogP contribution in [0.5, 0.6) is 11.5 Å². The lowest BCUT2D eigenvalue weighted by Crippen LogP contribution is -2.11. The number of ether oxygens (including phenoxy) is 2. The molecule has 0 aromatic heterocycles. The summed E-state index contributed by atoms with van der Waals surface area (Å²) in [5.74, 6) is 0.734. The molecule has 0 atom stereocenters. The van der Waals surface area contributed by atoms with Gasteiger partial charge in [0.2, 0.25) is 0 Å². The Morgan fingerprint density at radius 2 is 1.58 bits per heavy atom. The van der Waals surface area contributed by atoms with Crippen LogP contribution in [0.1, 0.15) is 15.9 Å². The molecule has 0 aliphatic heterocycles. The lowest BCUT2D eigenvalue weighted by Gasteiger charge is -2.11. The molecular weight excluding hydrogens is 429 g/mol. The molecule has 3 aromatic rings. The van der Waals surface area contributed by atoms with Gasteiger partial charge in [-0.1, -0.05) is 6.07 Å². The minimum Gasteiger partial charge on any atom is -0.493 e. The molecule has 0 saturated carbocycles. The van der Waals surface area contributed by atoms with E-state index in [0.717, 1.165) is 29.0 Å². The normalized spacial score (nSPS) is 11.0. The monoisotopic (exact) mass is 448 g/mol. The number of halogens is 3. The maximum Gasteiger partial charge on any atom is 0.416 e. The van der Waals surface area contributed by atoms with Crippen molar-refractivity contribution in [2.24, 2.45) is 0 Å². The Morgan fingerprint density at radius 3 is 2.23 bits per heavy atom. The Balaban J connectivity index is 1.62. The third-order valence-corrected chi connectivity index (χ3v) is 5.08. The number of hydrogen-bond acceptors (Lipinski definition) is 5. The van der Waals surface area contributed by atoms with Gasteiger partial charge < -0.3 is 19.5 Å². The molecule has 2 N–H and O–H groups in total. The van der Waals surface area contributed by atoms with Crippen LogP contribution in [0.25, 0.3) is 0 Å². The highest BCUT2D eigenvalue weighted by Crippen LogP contribution is 2.32. The van der Waals surface area contributed by atoms with Gasteiger partial charge in [0, 0.05) is 27.9 Å². The number of rotatable bonds is 7. The van der Waals surface area contributed by atoms with Gasteiger partial charge in [0.05, 0.1) is 19.8 Å². The summed E-state index contributed by atoms with van der Waals surface area (Å²) in [6.45, 7) is 0. The highest BCUT2D eigenvalue weighted by Gasteiger charge is 2.30. The molecule has 162 valence electrons. The summed E-state index contributed by atoms with van der Waals surface area (Å²) in [6.07, 6.45) is -4.40. The van der Waals surface area contributed by atoms with Gasteiger partial charge in [-0.05, 0) is 66.5 Å². The lowest BCUT2D eigenvalue weighted by atomic mass is 10.2. The first-order valence-electron chi connectivity index (χ1n) is 9.03. The lowest BCUT2D eigenvalue weighted by molar-refractivity contribution is -0.137. The van der Waals surface area contributed by atoms with E-state index in [2.05, 4.69) is 10.0 Å². The average molecular weight is 448 g/mol. The van der Waals surface area contributed by atoms with Crippen molar-refractivity contribution in [2.75, 3.05) is 24.3 Å². The third kappa shape index (κ3) is 5.85. The topological polar surface area (TPSA) is 59.6 Å².